The normalized spacial score (nSPS) is 17.1. The quantitative estimate of drug-likeness (QED) is 0.756. The number of anilines is 2. The molecule has 4 N–H and O–H groups in total. The lowest BCUT2D eigenvalue weighted by Gasteiger charge is -2.28. The van der Waals surface area contributed by atoms with Gasteiger partial charge < -0.3 is 21.1 Å². The summed E-state index contributed by atoms with van der Waals surface area (Å²) in [6.45, 7) is 3.15. The molecule has 0 amide bonds. The summed E-state index contributed by atoms with van der Waals surface area (Å²) < 4.78 is 0. The molecule has 2 rings (SSSR count). The Morgan fingerprint density at radius 1 is 1.55 bits per heavy atom. The van der Waals surface area contributed by atoms with E-state index in [9.17, 15) is 4.79 Å². The largest absolute Gasteiger partial charge is 0.478 e. The number of nitrogens with two attached hydrogens (primary N) is 1. The highest BCUT2D eigenvalue weighted by Gasteiger charge is 2.16. The van der Waals surface area contributed by atoms with Crippen LogP contribution >= 0.6 is 0 Å². The summed E-state index contributed by atoms with van der Waals surface area (Å²) in [5.74, 6) is 0.309. The minimum atomic E-state index is -1.01. The molecule has 1 aromatic heterocycles. The molecule has 1 aromatic rings. The average Bonchev–Trinajstić information content (AvgIpc) is 2.42. The van der Waals surface area contributed by atoms with Crippen molar-refractivity contribution in [1.82, 2.24) is 9.88 Å². The van der Waals surface area contributed by atoms with Crippen LogP contribution in [0.3, 0.4) is 0 Å². The monoisotopic (exact) mass is 278 g/mol. The summed E-state index contributed by atoms with van der Waals surface area (Å²) in [5, 5.41) is 12.0. The topological polar surface area (TPSA) is 91.5 Å². The summed E-state index contributed by atoms with van der Waals surface area (Å²) >= 11 is 0. The number of aromatic carboxylic acids is 1. The second kappa shape index (κ2) is 6.56. The molecule has 0 aliphatic carbocycles. The van der Waals surface area contributed by atoms with E-state index in [1.807, 2.05) is 0 Å². The van der Waals surface area contributed by atoms with Gasteiger partial charge in [-0.2, -0.15) is 0 Å². The zero-order chi connectivity index (χ0) is 14.5. The summed E-state index contributed by atoms with van der Waals surface area (Å²) in [7, 11) is 2.16. The molecule has 110 valence electrons. The Kier molecular flexibility index (Phi) is 4.79. The van der Waals surface area contributed by atoms with Crippen molar-refractivity contribution in [2.24, 2.45) is 5.92 Å². The van der Waals surface area contributed by atoms with Crippen molar-refractivity contribution < 1.29 is 9.90 Å². The van der Waals surface area contributed by atoms with E-state index < -0.39 is 5.97 Å². The van der Waals surface area contributed by atoms with Gasteiger partial charge in [0.2, 0.25) is 0 Å². The Morgan fingerprint density at radius 2 is 2.25 bits per heavy atom. The van der Waals surface area contributed by atoms with Gasteiger partial charge in [-0.1, -0.05) is 0 Å². The maximum atomic E-state index is 10.8. The van der Waals surface area contributed by atoms with Gasteiger partial charge >= 0.3 is 5.97 Å². The van der Waals surface area contributed by atoms with Crippen LogP contribution < -0.4 is 11.1 Å². The van der Waals surface area contributed by atoms with Crippen LogP contribution in [0.4, 0.5) is 11.5 Å². The fourth-order valence-corrected chi connectivity index (χ4v) is 2.49. The van der Waals surface area contributed by atoms with Crippen molar-refractivity contribution in [2.75, 3.05) is 37.7 Å². The number of carboxylic acids is 1. The maximum absolute atomic E-state index is 10.8. The molecule has 1 fully saturated rings. The highest BCUT2D eigenvalue weighted by molar-refractivity contribution is 5.89. The third-order valence-electron chi connectivity index (χ3n) is 3.85. The standard InChI is InChI=1S/C14H22N4O2/c1-18-6-3-10(4-7-18)2-5-16-13-12(15)8-11(9-17-13)14(19)20/h8-10H,2-7,15H2,1H3,(H,16,17)(H,19,20). The van der Waals surface area contributed by atoms with Gasteiger partial charge in [0.05, 0.1) is 11.3 Å². The lowest BCUT2D eigenvalue weighted by molar-refractivity contribution is 0.0696. The van der Waals surface area contributed by atoms with E-state index in [1.165, 1.54) is 38.2 Å². The molecule has 1 saturated heterocycles. The number of hydrogen-bond acceptors (Lipinski definition) is 5. The van der Waals surface area contributed by atoms with E-state index in [0.717, 1.165) is 18.9 Å². The van der Waals surface area contributed by atoms with Gasteiger partial charge in [-0.15, -0.1) is 0 Å². The average molecular weight is 278 g/mol. The first-order valence-corrected chi connectivity index (χ1v) is 6.97. The van der Waals surface area contributed by atoms with E-state index >= 15 is 0 Å². The Balaban J connectivity index is 1.81. The molecular formula is C14H22N4O2. The van der Waals surface area contributed by atoms with Crippen LogP contribution in [0, 0.1) is 5.92 Å². The minimum absolute atomic E-state index is 0.114. The molecule has 0 unspecified atom stereocenters. The van der Waals surface area contributed by atoms with Gasteiger partial charge in [-0.05, 0) is 51.4 Å². The number of rotatable bonds is 5. The smallest absolute Gasteiger partial charge is 0.337 e. The molecular weight excluding hydrogens is 256 g/mol. The van der Waals surface area contributed by atoms with E-state index in [2.05, 4.69) is 22.2 Å². The van der Waals surface area contributed by atoms with Crippen molar-refractivity contribution in [3.8, 4) is 0 Å². The van der Waals surface area contributed by atoms with Crippen molar-refractivity contribution in [3.63, 3.8) is 0 Å². The molecule has 20 heavy (non-hydrogen) atoms. The number of pyridine rings is 1. The number of likely N-dealkylation sites (tertiary alicyclic amines) is 1. The maximum Gasteiger partial charge on any atom is 0.337 e. The van der Waals surface area contributed by atoms with Gasteiger partial charge in [0.1, 0.15) is 5.82 Å². The molecule has 6 nitrogen and oxygen atoms in total. The number of carbonyl (C=O) groups is 1. The number of nitrogen functional groups attached to an aromatic ring is 1. The molecule has 0 aromatic carbocycles. The zero-order valence-electron chi connectivity index (χ0n) is 11.8. The number of aromatic nitrogens is 1. The molecule has 2 heterocycles. The van der Waals surface area contributed by atoms with Gasteiger partial charge in [0.25, 0.3) is 0 Å². The highest BCUT2D eigenvalue weighted by atomic mass is 16.4. The SMILES string of the molecule is CN1CCC(CCNc2ncc(C(=O)O)cc2N)CC1. The predicted molar refractivity (Wildman–Crippen MR) is 78.9 cm³/mol. The van der Waals surface area contributed by atoms with Crippen LogP contribution in [0.2, 0.25) is 0 Å². The molecule has 0 bridgehead atoms. The predicted octanol–water partition coefficient (Wildman–Crippen LogP) is 1.51. The van der Waals surface area contributed by atoms with E-state index in [0.29, 0.717) is 11.5 Å². The third kappa shape index (κ3) is 3.84. The van der Waals surface area contributed by atoms with Crippen LogP contribution in [0.25, 0.3) is 0 Å². The first-order valence-electron chi connectivity index (χ1n) is 6.97. The van der Waals surface area contributed by atoms with Crippen molar-refractivity contribution >= 4 is 17.5 Å². The number of piperidine rings is 1. The Bertz CT molecular complexity index is 470. The van der Waals surface area contributed by atoms with Crippen molar-refractivity contribution in [2.45, 2.75) is 19.3 Å². The molecule has 0 atom stereocenters. The highest BCUT2D eigenvalue weighted by Crippen LogP contribution is 2.21. The zero-order valence-corrected chi connectivity index (χ0v) is 11.8. The Hall–Kier alpha value is -1.82. The fourth-order valence-electron chi connectivity index (χ4n) is 2.49. The number of nitrogens with zero attached hydrogens (tertiary/aromatic N) is 2. The minimum Gasteiger partial charge on any atom is -0.478 e. The first kappa shape index (κ1) is 14.6. The van der Waals surface area contributed by atoms with Crippen LogP contribution in [0.1, 0.15) is 29.6 Å². The number of hydrogen-bond donors (Lipinski definition) is 3. The van der Waals surface area contributed by atoms with Crippen molar-refractivity contribution in [3.05, 3.63) is 17.8 Å². The van der Waals surface area contributed by atoms with E-state index in [4.69, 9.17) is 10.8 Å². The second-order valence-corrected chi connectivity index (χ2v) is 5.43. The molecule has 1 aliphatic rings. The molecule has 0 saturated carbocycles. The molecule has 0 spiro atoms. The van der Waals surface area contributed by atoms with Crippen LogP contribution in [-0.2, 0) is 0 Å². The lowest BCUT2D eigenvalue weighted by atomic mass is 9.94. The molecule has 6 heteroatoms. The first-order chi connectivity index (χ1) is 9.56. The molecule has 0 radical (unpaired) electrons. The lowest BCUT2D eigenvalue weighted by Crippen LogP contribution is -2.30. The Morgan fingerprint density at radius 3 is 2.85 bits per heavy atom. The summed E-state index contributed by atoms with van der Waals surface area (Å²) in [5.41, 5.74) is 6.30. The summed E-state index contributed by atoms with van der Waals surface area (Å²) in [4.78, 5) is 17.2. The van der Waals surface area contributed by atoms with Crippen LogP contribution in [-0.4, -0.2) is 47.6 Å². The van der Waals surface area contributed by atoms with Gasteiger partial charge in [0.15, 0.2) is 0 Å². The second-order valence-electron chi connectivity index (χ2n) is 5.43. The van der Waals surface area contributed by atoms with Gasteiger partial charge in [0, 0.05) is 12.7 Å². The van der Waals surface area contributed by atoms with Crippen molar-refractivity contribution in [1.29, 1.82) is 0 Å². The van der Waals surface area contributed by atoms with E-state index in [1.54, 1.807) is 0 Å². The van der Waals surface area contributed by atoms with Crippen LogP contribution in [0.15, 0.2) is 12.3 Å². The van der Waals surface area contributed by atoms with Gasteiger partial charge in [-0.25, -0.2) is 9.78 Å². The molecule has 1 aliphatic heterocycles. The summed E-state index contributed by atoms with van der Waals surface area (Å²) in [6, 6.07) is 1.44. The van der Waals surface area contributed by atoms with Gasteiger partial charge in [-0.3, -0.25) is 0 Å². The Labute approximate surface area is 119 Å². The third-order valence-corrected chi connectivity index (χ3v) is 3.85. The number of nitrogens with one attached hydrogen (secondary N) is 1. The van der Waals surface area contributed by atoms with E-state index in [-0.39, 0.29) is 5.56 Å². The van der Waals surface area contributed by atoms with Crippen LogP contribution in [0.5, 0.6) is 0 Å². The summed E-state index contributed by atoms with van der Waals surface area (Å²) in [6.07, 6.45) is 4.89. The fraction of sp³-hybridized carbons (Fsp3) is 0.571. The number of carboxylic acid groups (broad SMARTS) is 1.